The highest BCUT2D eigenvalue weighted by Gasteiger charge is 2.33. The number of hydrogen-bond acceptors (Lipinski definition) is 4. The number of thiazole rings is 1. The van der Waals surface area contributed by atoms with Gasteiger partial charge in [0.25, 0.3) is 0 Å². The van der Waals surface area contributed by atoms with Crippen molar-refractivity contribution >= 4 is 33.2 Å². The van der Waals surface area contributed by atoms with E-state index in [1.54, 1.807) is 11.3 Å². The van der Waals surface area contributed by atoms with Crippen molar-refractivity contribution in [2.45, 2.75) is 32.1 Å². The summed E-state index contributed by atoms with van der Waals surface area (Å²) in [6, 6.07) is 8.29. The Labute approximate surface area is 128 Å². The number of ether oxygens (including phenoxy) is 1. The van der Waals surface area contributed by atoms with Crippen molar-refractivity contribution in [2.24, 2.45) is 0 Å². The minimum atomic E-state index is -0.144. The van der Waals surface area contributed by atoms with Gasteiger partial charge in [-0.1, -0.05) is 12.1 Å². The molecule has 0 saturated carbocycles. The van der Waals surface area contributed by atoms with Crippen LogP contribution in [-0.4, -0.2) is 40.6 Å². The lowest BCUT2D eigenvalue weighted by Crippen LogP contribution is -2.52. The Kier molecular flexibility index (Phi) is 4.00. The standard InChI is InChI=1S/C15H19ClN2OS/c1-15(2)10-18(8-11(7-16)19-15)9-14-17-12-5-3-4-6-13(12)20-14/h3-6,11H,7-10H2,1-2H3. The minimum Gasteiger partial charge on any atom is -0.368 e. The van der Waals surface area contributed by atoms with Crippen LogP contribution in [0.5, 0.6) is 0 Å². The smallest absolute Gasteiger partial charge is 0.108 e. The van der Waals surface area contributed by atoms with Gasteiger partial charge >= 0.3 is 0 Å². The summed E-state index contributed by atoms with van der Waals surface area (Å²) < 4.78 is 7.21. The van der Waals surface area contributed by atoms with Crippen LogP contribution in [0.3, 0.4) is 0 Å². The van der Waals surface area contributed by atoms with Crippen LogP contribution in [0.2, 0.25) is 0 Å². The number of nitrogens with zero attached hydrogens (tertiary/aromatic N) is 2. The molecular formula is C15H19ClN2OS. The summed E-state index contributed by atoms with van der Waals surface area (Å²) >= 11 is 7.75. The molecule has 1 fully saturated rings. The molecule has 0 spiro atoms. The first-order valence-electron chi connectivity index (χ1n) is 6.86. The van der Waals surface area contributed by atoms with Gasteiger partial charge in [-0.25, -0.2) is 4.98 Å². The highest BCUT2D eigenvalue weighted by Crippen LogP contribution is 2.26. The number of rotatable bonds is 3. The van der Waals surface area contributed by atoms with Gasteiger partial charge in [0.05, 0.1) is 28.5 Å². The predicted molar refractivity (Wildman–Crippen MR) is 84.6 cm³/mol. The second-order valence-electron chi connectivity index (χ2n) is 5.90. The van der Waals surface area contributed by atoms with Crippen molar-refractivity contribution in [3.8, 4) is 0 Å². The number of hydrogen-bond donors (Lipinski definition) is 0. The number of halogens is 1. The van der Waals surface area contributed by atoms with E-state index in [2.05, 4.69) is 36.9 Å². The van der Waals surface area contributed by atoms with E-state index >= 15 is 0 Å². The molecule has 5 heteroatoms. The topological polar surface area (TPSA) is 25.4 Å². The third-order valence-electron chi connectivity index (χ3n) is 3.42. The van der Waals surface area contributed by atoms with Gasteiger partial charge < -0.3 is 4.74 Å². The molecule has 108 valence electrons. The largest absolute Gasteiger partial charge is 0.368 e. The van der Waals surface area contributed by atoms with Crippen molar-refractivity contribution in [1.82, 2.24) is 9.88 Å². The molecule has 1 aliphatic rings. The molecule has 1 unspecified atom stereocenters. The zero-order valence-corrected chi connectivity index (χ0v) is 13.4. The van der Waals surface area contributed by atoms with Gasteiger partial charge in [0.1, 0.15) is 5.01 Å². The van der Waals surface area contributed by atoms with Crippen LogP contribution in [-0.2, 0) is 11.3 Å². The van der Waals surface area contributed by atoms with Gasteiger partial charge in [-0.3, -0.25) is 4.90 Å². The average molecular weight is 311 g/mol. The summed E-state index contributed by atoms with van der Waals surface area (Å²) in [7, 11) is 0. The summed E-state index contributed by atoms with van der Waals surface area (Å²) in [5.74, 6) is 0.541. The lowest BCUT2D eigenvalue weighted by atomic mass is 10.1. The van der Waals surface area contributed by atoms with Crippen molar-refractivity contribution in [3.63, 3.8) is 0 Å². The van der Waals surface area contributed by atoms with E-state index in [1.165, 1.54) is 4.70 Å². The summed E-state index contributed by atoms with van der Waals surface area (Å²) in [6.07, 6.45) is 0.106. The van der Waals surface area contributed by atoms with Crippen LogP contribution in [0.15, 0.2) is 24.3 Å². The fourth-order valence-electron chi connectivity index (χ4n) is 2.80. The maximum atomic E-state index is 5.98. The van der Waals surface area contributed by atoms with E-state index in [0.29, 0.717) is 5.88 Å². The molecule has 1 aromatic carbocycles. The molecule has 20 heavy (non-hydrogen) atoms. The van der Waals surface area contributed by atoms with Gasteiger partial charge in [-0.2, -0.15) is 0 Å². The van der Waals surface area contributed by atoms with Crippen molar-refractivity contribution in [2.75, 3.05) is 19.0 Å². The van der Waals surface area contributed by atoms with E-state index < -0.39 is 0 Å². The molecular weight excluding hydrogens is 292 g/mol. The first-order valence-corrected chi connectivity index (χ1v) is 8.21. The van der Waals surface area contributed by atoms with Gasteiger partial charge in [0, 0.05) is 19.0 Å². The fraction of sp³-hybridized carbons (Fsp3) is 0.533. The molecule has 0 aliphatic carbocycles. The lowest BCUT2D eigenvalue weighted by molar-refractivity contribution is -0.129. The number of fused-ring (bicyclic) bond motifs is 1. The molecule has 1 aromatic heterocycles. The van der Waals surface area contributed by atoms with Gasteiger partial charge in [-0.15, -0.1) is 22.9 Å². The van der Waals surface area contributed by atoms with E-state index in [0.717, 1.165) is 30.2 Å². The van der Waals surface area contributed by atoms with E-state index in [1.807, 2.05) is 6.07 Å². The molecule has 3 rings (SSSR count). The highest BCUT2D eigenvalue weighted by molar-refractivity contribution is 7.18. The zero-order valence-electron chi connectivity index (χ0n) is 11.8. The molecule has 2 heterocycles. The number of aromatic nitrogens is 1. The van der Waals surface area contributed by atoms with E-state index in [-0.39, 0.29) is 11.7 Å². The van der Waals surface area contributed by atoms with Crippen molar-refractivity contribution in [1.29, 1.82) is 0 Å². The van der Waals surface area contributed by atoms with Gasteiger partial charge in [-0.05, 0) is 26.0 Å². The Morgan fingerprint density at radius 1 is 1.45 bits per heavy atom. The van der Waals surface area contributed by atoms with Crippen LogP contribution in [0.1, 0.15) is 18.9 Å². The molecule has 1 atom stereocenters. The van der Waals surface area contributed by atoms with E-state index in [9.17, 15) is 0 Å². The second-order valence-corrected chi connectivity index (χ2v) is 7.32. The first-order chi connectivity index (χ1) is 9.55. The molecule has 3 nitrogen and oxygen atoms in total. The molecule has 0 radical (unpaired) electrons. The monoisotopic (exact) mass is 310 g/mol. The minimum absolute atomic E-state index is 0.106. The highest BCUT2D eigenvalue weighted by atomic mass is 35.5. The Morgan fingerprint density at radius 2 is 2.25 bits per heavy atom. The lowest BCUT2D eigenvalue weighted by Gasteiger charge is -2.42. The summed E-state index contributed by atoms with van der Waals surface area (Å²) in [6.45, 7) is 6.91. The Bertz CT molecular complexity index is 565. The van der Waals surface area contributed by atoms with E-state index in [4.69, 9.17) is 21.3 Å². The predicted octanol–water partition coefficient (Wildman–Crippen LogP) is 3.51. The summed E-state index contributed by atoms with van der Waals surface area (Å²) in [5.41, 5.74) is 0.947. The van der Waals surface area contributed by atoms with Crippen molar-refractivity contribution in [3.05, 3.63) is 29.3 Å². The molecule has 0 amide bonds. The van der Waals surface area contributed by atoms with Crippen LogP contribution >= 0.6 is 22.9 Å². The second kappa shape index (κ2) is 5.60. The number of alkyl halides is 1. The Morgan fingerprint density at radius 3 is 3.00 bits per heavy atom. The molecule has 1 aliphatic heterocycles. The number of para-hydroxylation sites is 1. The number of benzene rings is 1. The van der Waals surface area contributed by atoms with Crippen LogP contribution in [0.25, 0.3) is 10.2 Å². The normalized spacial score (nSPS) is 23.2. The number of morpholine rings is 1. The van der Waals surface area contributed by atoms with Gasteiger partial charge in [0.2, 0.25) is 0 Å². The van der Waals surface area contributed by atoms with Crippen molar-refractivity contribution < 1.29 is 4.74 Å². The Balaban J connectivity index is 1.76. The van der Waals surface area contributed by atoms with Crippen LogP contribution in [0, 0.1) is 0 Å². The molecule has 0 N–H and O–H groups in total. The van der Waals surface area contributed by atoms with Crippen LogP contribution < -0.4 is 0 Å². The fourth-order valence-corrected chi connectivity index (χ4v) is 3.97. The maximum Gasteiger partial charge on any atom is 0.108 e. The zero-order chi connectivity index (χ0) is 14.2. The molecule has 1 saturated heterocycles. The third kappa shape index (κ3) is 3.14. The summed E-state index contributed by atoms with van der Waals surface area (Å²) in [4.78, 5) is 7.11. The maximum absolute atomic E-state index is 5.98. The first kappa shape index (κ1) is 14.3. The molecule has 2 aromatic rings. The Hall–Kier alpha value is -0.680. The summed E-state index contributed by atoms with van der Waals surface area (Å²) in [5, 5.41) is 1.16. The van der Waals surface area contributed by atoms with Crippen LogP contribution in [0.4, 0.5) is 0 Å². The molecule has 0 bridgehead atoms. The average Bonchev–Trinajstić information content (AvgIpc) is 2.78. The quantitative estimate of drug-likeness (QED) is 0.811. The van der Waals surface area contributed by atoms with Gasteiger partial charge in [0.15, 0.2) is 0 Å². The third-order valence-corrected chi connectivity index (χ3v) is 4.79. The SMILES string of the molecule is CC1(C)CN(Cc2nc3ccccc3s2)CC(CCl)O1.